The molecule has 1 N–H and O–H groups in total. The molecule has 0 aromatic heterocycles. The van der Waals surface area contributed by atoms with Crippen molar-refractivity contribution >= 4 is 45.0 Å². The summed E-state index contributed by atoms with van der Waals surface area (Å²) in [5.74, 6) is -0.540. The smallest absolute Gasteiger partial charge is 0.242 e. The summed E-state index contributed by atoms with van der Waals surface area (Å²) in [6.07, 6.45) is 0.794. The molecule has 2 rings (SSSR count). The van der Waals surface area contributed by atoms with Crippen LogP contribution < -0.4 is 5.32 Å². The van der Waals surface area contributed by atoms with Gasteiger partial charge in [-0.25, -0.2) is 12.7 Å². The Morgan fingerprint density at radius 2 is 1.76 bits per heavy atom. The number of halogens is 2. The van der Waals surface area contributed by atoms with Crippen molar-refractivity contribution in [2.75, 3.05) is 20.6 Å². The molecule has 0 heterocycles. The number of carbonyl (C=O) groups excluding carboxylic acids is 2. The second-order valence-electron chi connectivity index (χ2n) is 7.54. The third-order valence-electron chi connectivity index (χ3n) is 5.30. The molecular formula is C23H29Cl2N3O4S. The number of likely N-dealkylation sites (N-methyl/N-ethyl adjacent to an activating group) is 1. The van der Waals surface area contributed by atoms with Crippen LogP contribution in [0.4, 0.5) is 0 Å². The summed E-state index contributed by atoms with van der Waals surface area (Å²) in [6, 6.07) is 12.4. The van der Waals surface area contributed by atoms with Crippen LogP contribution in [0.1, 0.15) is 31.7 Å². The van der Waals surface area contributed by atoms with Gasteiger partial charge in [0.05, 0.1) is 4.90 Å². The van der Waals surface area contributed by atoms with E-state index in [1.165, 1.54) is 35.4 Å². The van der Waals surface area contributed by atoms with Gasteiger partial charge in [0.15, 0.2) is 0 Å². The molecule has 0 saturated carbocycles. The van der Waals surface area contributed by atoms with Crippen molar-refractivity contribution in [2.24, 2.45) is 0 Å². The number of carbonyl (C=O) groups is 2. The molecule has 0 aliphatic carbocycles. The first-order valence-electron chi connectivity index (χ1n) is 10.6. The number of benzene rings is 2. The highest BCUT2D eigenvalue weighted by Crippen LogP contribution is 2.24. The van der Waals surface area contributed by atoms with Crippen molar-refractivity contribution < 1.29 is 18.0 Å². The van der Waals surface area contributed by atoms with Gasteiger partial charge in [0.1, 0.15) is 6.04 Å². The van der Waals surface area contributed by atoms with Crippen LogP contribution >= 0.6 is 23.2 Å². The molecule has 0 saturated heterocycles. The van der Waals surface area contributed by atoms with Gasteiger partial charge in [0.25, 0.3) is 0 Å². The first-order chi connectivity index (χ1) is 15.6. The third kappa shape index (κ3) is 7.17. The van der Waals surface area contributed by atoms with Crippen LogP contribution in [-0.4, -0.2) is 56.1 Å². The van der Waals surface area contributed by atoms with Gasteiger partial charge < -0.3 is 10.2 Å². The number of amides is 2. The zero-order valence-electron chi connectivity index (χ0n) is 18.9. The SMILES string of the molecule is CC[C@H](C(=O)NC)N(Cc1ccc(Cl)cc1Cl)C(=O)CCCN(C)S(=O)(=O)c1ccccc1. The van der Waals surface area contributed by atoms with E-state index in [-0.39, 0.29) is 36.2 Å². The molecule has 7 nitrogen and oxygen atoms in total. The quantitative estimate of drug-likeness (QED) is 0.492. The summed E-state index contributed by atoms with van der Waals surface area (Å²) in [7, 11) is -0.636. The molecule has 33 heavy (non-hydrogen) atoms. The standard InChI is InChI=1S/C23H29Cl2N3O4S/c1-4-21(23(30)26-2)28(16-17-12-13-18(24)15-20(17)25)22(29)11-8-14-27(3)33(31,32)19-9-6-5-7-10-19/h5-7,9-10,12-13,15,21H,4,8,11,14,16H2,1-3H3,(H,26,30)/t21-/m1/s1. The lowest BCUT2D eigenvalue weighted by molar-refractivity contribution is -0.141. The van der Waals surface area contributed by atoms with E-state index < -0.39 is 16.1 Å². The summed E-state index contributed by atoms with van der Waals surface area (Å²) in [4.78, 5) is 27.3. The molecule has 2 aromatic rings. The monoisotopic (exact) mass is 513 g/mol. The molecule has 2 amide bonds. The maximum Gasteiger partial charge on any atom is 0.242 e. The van der Waals surface area contributed by atoms with Crippen molar-refractivity contribution in [3.8, 4) is 0 Å². The van der Waals surface area contributed by atoms with E-state index in [1.807, 2.05) is 6.92 Å². The molecule has 0 aliphatic heterocycles. The normalized spacial score (nSPS) is 12.4. The lowest BCUT2D eigenvalue weighted by atomic mass is 10.1. The summed E-state index contributed by atoms with van der Waals surface area (Å²) in [5, 5.41) is 3.48. The van der Waals surface area contributed by atoms with Crippen molar-refractivity contribution in [2.45, 2.75) is 43.7 Å². The fourth-order valence-corrected chi connectivity index (χ4v) is 5.11. The van der Waals surface area contributed by atoms with Crippen LogP contribution in [0.15, 0.2) is 53.4 Å². The van der Waals surface area contributed by atoms with Gasteiger partial charge in [-0.1, -0.05) is 54.4 Å². The molecule has 2 aromatic carbocycles. The zero-order valence-corrected chi connectivity index (χ0v) is 21.3. The van der Waals surface area contributed by atoms with Crippen molar-refractivity contribution in [3.05, 3.63) is 64.1 Å². The first-order valence-corrected chi connectivity index (χ1v) is 12.8. The predicted molar refractivity (Wildman–Crippen MR) is 131 cm³/mol. The lowest BCUT2D eigenvalue weighted by Gasteiger charge is -2.31. The van der Waals surface area contributed by atoms with E-state index in [2.05, 4.69) is 5.32 Å². The van der Waals surface area contributed by atoms with E-state index in [4.69, 9.17) is 23.2 Å². The summed E-state index contributed by atoms with van der Waals surface area (Å²) < 4.78 is 26.6. The zero-order chi connectivity index (χ0) is 24.6. The van der Waals surface area contributed by atoms with Crippen LogP contribution in [0.3, 0.4) is 0 Å². The topological polar surface area (TPSA) is 86.8 Å². The van der Waals surface area contributed by atoms with E-state index in [9.17, 15) is 18.0 Å². The van der Waals surface area contributed by atoms with Crippen LogP contribution in [0.5, 0.6) is 0 Å². The molecule has 0 spiro atoms. The minimum atomic E-state index is -3.64. The maximum absolute atomic E-state index is 13.2. The number of sulfonamides is 1. The van der Waals surface area contributed by atoms with Crippen molar-refractivity contribution in [1.82, 2.24) is 14.5 Å². The third-order valence-corrected chi connectivity index (χ3v) is 7.76. The Morgan fingerprint density at radius 3 is 2.33 bits per heavy atom. The van der Waals surface area contributed by atoms with Gasteiger partial charge in [-0.3, -0.25) is 9.59 Å². The highest BCUT2D eigenvalue weighted by Gasteiger charge is 2.28. The largest absolute Gasteiger partial charge is 0.357 e. The molecule has 0 bridgehead atoms. The molecule has 0 aliphatic rings. The van der Waals surface area contributed by atoms with Crippen LogP contribution in [0, 0.1) is 0 Å². The fourth-order valence-electron chi connectivity index (χ4n) is 3.41. The van der Waals surface area contributed by atoms with Gasteiger partial charge in [-0.2, -0.15) is 0 Å². The van der Waals surface area contributed by atoms with Crippen LogP contribution in [-0.2, 0) is 26.2 Å². The van der Waals surface area contributed by atoms with Gasteiger partial charge in [0, 0.05) is 43.7 Å². The number of hydrogen-bond acceptors (Lipinski definition) is 4. The minimum absolute atomic E-state index is 0.0767. The molecule has 10 heteroatoms. The van der Waals surface area contributed by atoms with Crippen LogP contribution in [0.25, 0.3) is 0 Å². The number of nitrogens with zero attached hydrogens (tertiary/aromatic N) is 2. The van der Waals surface area contributed by atoms with Gasteiger partial charge in [-0.15, -0.1) is 0 Å². The number of rotatable bonds is 11. The van der Waals surface area contributed by atoms with Crippen molar-refractivity contribution in [1.29, 1.82) is 0 Å². The highest BCUT2D eigenvalue weighted by atomic mass is 35.5. The Labute approximate surface area is 205 Å². The first kappa shape index (κ1) is 27.1. The Hall–Kier alpha value is -2.13. The average molecular weight is 514 g/mol. The Balaban J connectivity index is 2.13. The molecule has 180 valence electrons. The second-order valence-corrected chi connectivity index (χ2v) is 10.4. The Bertz CT molecular complexity index is 1060. The lowest BCUT2D eigenvalue weighted by Crippen LogP contribution is -2.48. The molecule has 0 fully saturated rings. The maximum atomic E-state index is 13.2. The van der Waals surface area contributed by atoms with E-state index in [1.54, 1.807) is 36.4 Å². The predicted octanol–water partition coefficient (Wildman–Crippen LogP) is 3.95. The Kier molecular flexibility index (Phi) is 10.2. The van der Waals surface area contributed by atoms with Gasteiger partial charge in [-0.05, 0) is 42.7 Å². The van der Waals surface area contributed by atoms with E-state index >= 15 is 0 Å². The Morgan fingerprint density at radius 1 is 1.09 bits per heavy atom. The average Bonchev–Trinajstić information content (AvgIpc) is 2.80. The summed E-state index contributed by atoms with van der Waals surface area (Å²) in [6.45, 7) is 2.12. The minimum Gasteiger partial charge on any atom is -0.357 e. The fraction of sp³-hybridized carbons (Fsp3) is 0.391. The molecule has 0 unspecified atom stereocenters. The van der Waals surface area contributed by atoms with Gasteiger partial charge in [0.2, 0.25) is 21.8 Å². The highest BCUT2D eigenvalue weighted by molar-refractivity contribution is 7.89. The van der Waals surface area contributed by atoms with E-state index in [0.717, 1.165) is 0 Å². The second kappa shape index (κ2) is 12.4. The molecular weight excluding hydrogens is 485 g/mol. The molecule has 0 radical (unpaired) electrons. The van der Waals surface area contributed by atoms with Gasteiger partial charge >= 0.3 is 0 Å². The number of nitrogens with one attached hydrogen (secondary N) is 1. The summed E-state index contributed by atoms with van der Waals surface area (Å²) >= 11 is 12.3. The van der Waals surface area contributed by atoms with E-state index in [0.29, 0.717) is 28.5 Å². The van der Waals surface area contributed by atoms with Crippen molar-refractivity contribution in [3.63, 3.8) is 0 Å². The van der Waals surface area contributed by atoms with Crippen LogP contribution in [0.2, 0.25) is 10.0 Å². The number of hydrogen-bond donors (Lipinski definition) is 1. The summed E-state index contributed by atoms with van der Waals surface area (Å²) in [5.41, 5.74) is 0.667. The molecule has 1 atom stereocenters.